The number of carbonyl (C=O) groups is 1. The van der Waals surface area contributed by atoms with Crippen LogP contribution >= 0.6 is 35.4 Å². The fraction of sp³-hybridized carbons (Fsp3) is 0.111. The van der Waals surface area contributed by atoms with E-state index in [1.165, 1.54) is 12.1 Å². The van der Waals surface area contributed by atoms with Crippen molar-refractivity contribution in [1.29, 1.82) is 0 Å². The zero-order valence-electron chi connectivity index (χ0n) is 13.4. The van der Waals surface area contributed by atoms with Crippen LogP contribution in [0, 0.1) is 0 Å². The first-order valence-electron chi connectivity index (χ1n) is 7.29. The summed E-state index contributed by atoms with van der Waals surface area (Å²) in [7, 11) is 0. The Balaban J connectivity index is 1.93. The lowest BCUT2D eigenvalue weighted by Gasteiger charge is -2.11. The summed E-state index contributed by atoms with van der Waals surface area (Å²) in [6.45, 7) is 6.13. The number of benzene rings is 2. The van der Waals surface area contributed by atoms with Crippen LogP contribution in [0.25, 0.3) is 0 Å². The van der Waals surface area contributed by atoms with Gasteiger partial charge in [-0.2, -0.15) is 0 Å². The van der Waals surface area contributed by atoms with E-state index in [-0.39, 0.29) is 5.11 Å². The van der Waals surface area contributed by atoms with Gasteiger partial charge in [-0.05, 0) is 67.2 Å². The molecule has 1 amide bonds. The largest absolute Gasteiger partial charge is 0.489 e. The maximum atomic E-state index is 12.2. The van der Waals surface area contributed by atoms with Crippen molar-refractivity contribution >= 4 is 52.1 Å². The highest BCUT2D eigenvalue weighted by atomic mass is 35.5. The average molecular weight is 395 g/mol. The van der Waals surface area contributed by atoms with E-state index in [0.717, 1.165) is 17.0 Å². The van der Waals surface area contributed by atoms with Crippen LogP contribution in [0.4, 0.5) is 5.69 Å². The molecule has 0 aliphatic carbocycles. The molecule has 130 valence electrons. The first-order chi connectivity index (χ1) is 11.8. The molecule has 2 rings (SSSR count). The molecule has 7 heteroatoms. The predicted octanol–water partition coefficient (Wildman–Crippen LogP) is 5.08. The van der Waals surface area contributed by atoms with Crippen molar-refractivity contribution in [2.24, 2.45) is 0 Å². The zero-order chi connectivity index (χ0) is 18.4. The number of hydrogen-bond acceptors (Lipinski definition) is 3. The first-order valence-corrected chi connectivity index (χ1v) is 8.45. The number of ether oxygens (including phenoxy) is 1. The van der Waals surface area contributed by atoms with Gasteiger partial charge in [0.1, 0.15) is 12.4 Å². The van der Waals surface area contributed by atoms with Crippen molar-refractivity contribution in [2.75, 3.05) is 11.9 Å². The number of halogens is 2. The van der Waals surface area contributed by atoms with Gasteiger partial charge in [0, 0.05) is 21.3 Å². The monoisotopic (exact) mass is 394 g/mol. The van der Waals surface area contributed by atoms with Crippen molar-refractivity contribution in [1.82, 2.24) is 5.32 Å². The van der Waals surface area contributed by atoms with E-state index in [9.17, 15) is 4.79 Å². The first kappa shape index (κ1) is 19.2. The van der Waals surface area contributed by atoms with Crippen molar-refractivity contribution in [3.63, 3.8) is 0 Å². The highest BCUT2D eigenvalue weighted by molar-refractivity contribution is 7.80. The second-order valence-corrected chi connectivity index (χ2v) is 6.62. The van der Waals surface area contributed by atoms with Crippen LogP contribution in [0.15, 0.2) is 54.6 Å². The smallest absolute Gasteiger partial charge is 0.257 e. The lowest BCUT2D eigenvalue weighted by atomic mass is 10.2. The van der Waals surface area contributed by atoms with Gasteiger partial charge in [-0.1, -0.05) is 29.8 Å². The lowest BCUT2D eigenvalue weighted by Crippen LogP contribution is -2.34. The van der Waals surface area contributed by atoms with E-state index in [0.29, 0.717) is 22.2 Å². The molecule has 0 spiro atoms. The molecule has 0 aromatic heterocycles. The van der Waals surface area contributed by atoms with Gasteiger partial charge >= 0.3 is 0 Å². The molecule has 0 heterocycles. The fourth-order valence-electron chi connectivity index (χ4n) is 1.86. The van der Waals surface area contributed by atoms with Crippen molar-refractivity contribution in [3.05, 3.63) is 70.2 Å². The molecule has 0 aliphatic rings. The van der Waals surface area contributed by atoms with E-state index in [4.69, 9.17) is 40.2 Å². The molecule has 25 heavy (non-hydrogen) atoms. The number of hydrogen-bond donors (Lipinski definition) is 2. The van der Waals surface area contributed by atoms with Crippen LogP contribution in [0.2, 0.25) is 10.0 Å². The maximum Gasteiger partial charge on any atom is 0.257 e. The maximum absolute atomic E-state index is 12.2. The molecule has 2 N–H and O–H groups in total. The normalized spacial score (nSPS) is 10.0. The van der Waals surface area contributed by atoms with Gasteiger partial charge in [-0.3, -0.25) is 10.1 Å². The molecule has 0 saturated carbocycles. The average Bonchev–Trinajstić information content (AvgIpc) is 2.53. The zero-order valence-corrected chi connectivity index (χ0v) is 15.8. The Labute approximate surface area is 161 Å². The third-order valence-corrected chi connectivity index (χ3v) is 3.59. The van der Waals surface area contributed by atoms with Gasteiger partial charge in [0.15, 0.2) is 5.11 Å². The minimum atomic E-state index is -0.400. The number of rotatable bonds is 5. The van der Waals surface area contributed by atoms with E-state index in [2.05, 4.69) is 17.2 Å². The van der Waals surface area contributed by atoms with E-state index < -0.39 is 5.91 Å². The predicted molar refractivity (Wildman–Crippen MR) is 107 cm³/mol. The van der Waals surface area contributed by atoms with Crippen LogP contribution in [0.3, 0.4) is 0 Å². The molecule has 0 atom stereocenters. The summed E-state index contributed by atoms with van der Waals surface area (Å²) in [5, 5.41) is 6.42. The second kappa shape index (κ2) is 8.85. The summed E-state index contributed by atoms with van der Waals surface area (Å²) in [5.41, 5.74) is 1.98. The van der Waals surface area contributed by atoms with Crippen LogP contribution in [-0.4, -0.2) is 17.6 Å². The quantitative estimate of drug-likeness (QED) is 0.548. The van der Waals surface area contributed by atoms with Crippen molar-refractivity contribution in [3.8, 4) is 5.75 Å². The minimum absolute atomic E-state index is 0.164. The number of carbonyl (C=O) groups excluding carboxylic acids is 1. The topological polar surface area (TPSA) is 50.4 Å². The lowest BCUT2D eigenvalue weighted by molar-refractivity contribution is 0.0977. The van der Waals surface area contributed by atoms with E-state index >= 15 is 0 Å². The molecule has 0 saturated heterocycles. The summed E-state index contributed by atoms with van der Waals surface area (Å²) >= 11 is 16.9. The molecule has 0 aliphatic heterocycles. The van der Waals surface area contributed by atoms with Crippen molar-refractivity contribution in [2.45, 2.75) is 6.92 Å². The Bertz CT molecular complexity index is 787. The molecule has 0 fully saturated rings. The Morgan fingerprint density at radius 3 is 2.32 bits per heavy atom. The molecule has 2 aromatic rings. The summed E-state index contributed by atoms with van der Waals surface area (Å²) in [6, 6.07) is 11.8. The van der Waals surface area contributed by atoms with E-state index in [1.54, 1.807) is 30.3 Å². The molecule has 0 bridgehead atoms. The molecule has 4 nitrogen and oxygen atoms in total. The van der Waals surface area contributed by atoms with Gasteiger partial charge in [-0.25, -0.2) is 0 Å². The highest BCUT2D eigenvalue weighted by Crippen LogP contribution is 2.19. The summed E-state index contributed by atoms with van der Waals surface area (Å²) in [6.07, 6.45) is 0. The van der Waals surface area contributed by atoms with Gasteiger partial charge < -0.3 is 10.1 Å². The van der Waals surface area contributed by atoms with Crippen LogP contribution < -0.4 is 15.4 Å². The molecular formula is C18H16Cl2N2O2S. The Morgan fingerprint density at radius 1 is 1.16 bits per heavy atom. The Hall–Kier alpha value is -2.08. The fourth-order valence-corrected chi connectivity index (χ4v) is 2.60. The van der Waals surface area contributed by atoms with Gasteiger partial charge in [0.2, 0.25) is 0 Å². The number of nitrogens with one attached hydrogen (secondary N) is 2. The second-order valence-electron chi connectivity index (χ2n) is 5.34. The number of anilines is 1. The molecular weight excluding hydrogens is 379 g/mol. The number of thiocarbonyl (C=S) groups is 1. The Kier molecular flexibility index (Phi) is 6.82. The molecule has 0 unspecified atom stereocenters. The number of amides is 1. The SMILES string of the molecule is C=C(C)COc1ccc(NC(=S)NC(=O)c2cc(Cl)cc(Cl)c2)cc1. The minimum Gasteiger partial charge on any atom is -0.489 e. The van der Waals surface area contributed by atoms with Crippen molar-refractivity contribution < 1.29 is 9.53 Å². The van der Waals surface area contributed by atoms with Crippen LogP contribution in [0.5, 0.6) is 5.75 Å². The van der Waals surface area contributed by atoms with E-state index in [1.807, 2.05) is 6.92 Å². The summed E-state index contributed by atoms with van der Waals surface area (Å²) in [4.78, 5) is 12.2. The van der Waals surface area contributed by atoms with Gasteiger partial charge in [0.25, 0.3) is 5.91 Å². The standard InChI is InChI=1S/C18H16Cl2N2O2S/c1-11(2)10-24-16-5-3-15(4-6-16)21-18(25)22-17(23)12-7-13(19)9-14(20)8-12/h3-9H,1,10H2,2H3,(H2,21,22,23,25). The third kappa shape index (κ3) is 6.38. The van der Waals surface area contributed by atoms with Gasteiger partial charge in [-0.15, -0.1) is 0 Å². The van der Waals surface area contributed by atoms with Gasteiger partial charge in [0.05, 0.1) is 0 Å². The summed E-state index contributed by atoms with van der Waals surface area (Å²) < 4.78 is 5.52. The highest BCUT2D eigenvalue weighted by Gasteiger charge is 2.10. The molecule has 2 aromatic carbocycles. The molecule has 0 radical (unpaired) electrons. The third-order valence-electron chi connectivity index (χ3n) is 2.95. The van der Waals surface area contributed by atoms with Crippen LogP contribution in [-0.2, 0) is 0 Å². The van der Waals surface area contributed by atoms with Crippen LogP contribution in [0.1, 0.15) is 17.3 Å². The summed E-state index contributed by atoms with van der Waals surface area (Å²) in [5.74, 6) is 0.320. The Morgan fingerprint density at radius 2 is 1.76 bits per heavy atom.